The molecular weight excluding hydrogens is 214 g/mol. The maximum atomic E-state index is 6.00. The molecule has 0 bridgehead atoms. The molecule has 14 heavy (non-hydrogen) atoms. The number of thiophene rings is 1. The summed E-state index contributed by atoms with van der Waals surface area (Å²) in [6.07, 6.45) is 6.39. The van der Waals surface area contributed by atoms with E-state index in [-0.39, 0.29) is 12.4 Å². The van der Waals surface area contributed by atoms with E-state index in [0.717, 1.165) is 12.3 Å². The Balaban J connectivity index is 0.000000750. The van der Waals surface area contributed by atoms with Gasteiger partial charge in [-0.15, -0.1) is 23.7 Å². The molecule has 1 nitrogen and oxygen atoms in total. The number of rotatable bonds is 1. The van der Waals surface area contributed by atoms with Gasteiger partial charge in [-0.3, -0.25) is 0 Å². The molecule has 1 aromatic heterocycles. The summed E-state index contributed by atoms with van der Waals surface area (Å²) < 4.78 is 0. The monoisotopic (exact) mass is 229 g/mol. The maximum absolute atomic E-state index is 6.00. The summed E-state index contributed by atoms with van der Waals surface area (Å²) in [7, 11) is 0. The van der Waals surface area contributed by atoms with Gasteiger partial charge in [0.05, 0.1) is 0 Å². The minimum atomic E-state index is 0. The predicted octanol–water partition coefficient (Wildman–Crippen LogP) is 2.86. The van der Waals surface area contributed by atoms with Crippen molar-refractivity contribution in [3.8, 4) is 0 Å². The minimum absolute atomic E-state index is 0. The molecule has 78 valence electrons. The molecule has 3 rings (SSSR count). The van der Waals surface area contributed by atoms with Crippen molar-refractivity contribution in [3.63, 3.8) is 0 Å². The first-order valence-corrected chi connectivity index (χ1v) is 6.07. The van der Waals surface area contributed by atoms with Gasteiger partial charge in [-0.1, -0.05) is 0 Å². The first kappa shape index (κ1) is 10.5. The van der Waals surface area contributed by atoms with Crippen LogP contribution in [0.1, 0.15) is 41.2 Å². The third kappa shape index (κ3) is 1.71. The molecule has 0 aromatic carbocycles. The second kappa shape index (κ2) is 3.84. The van der Waals surface area contributed by atoms with Crippen LogP contribution in [0, 0.1) is 0 Å². The third-order valence-corrected chi connectivity index (χ3v) is 4.45. The van der Waals surface area contributed by atoms with Crippen molar-refractivity contribution in [2.45, 2.75) is 44.1 Å². The van der Waals surface area contributed by atoms with E-state index in [1.807, 2.05) is 11.3 Å². The van der Waals surface area contributed by atoms with Crippen molar-refractivity contribution in [1.29, 1.82) is 0 Å². The number of aryl methyl sites for hydroxylation is 1. The molecule has 1 atom stereocenters. The third-order valence-electron chi connectivity index (χ3n) is 3.21. The Labute approximate surface area is 95.1 Å². The highest BCUT2D eigenvalue weighted by Gasteiger charge is 2.30. The SMILES string of the molecule is Cl.NC1CCc2csc(C3CC3)c2C1. The molecule has 0 radical (unpaired) electrons. The molecule has 0 spiro atoms. The van der Waals surface area contributed by atoms with E-state index in [9.17, 15) is 0 Å². The van der Waals surface area contributed by atoms with Crippen molar-refractivity contribution < 1.29 is 0 Å². The van der Waals surface area contributed by atoms with Gasteiger partial charge in [0.2, 0.25) is 0 Å². The Morgan fingerprint density at radius 2 is 2.07 bits per heavy atom. The van der Waals surface area contributed by atoms with Crippen molar-refractivity contribution in [3.05, 3.63) is 21.4 Å². The summed E-state index contributed by atoms with van der Waals surface area (Å²) in [5, 5.41) is 2.37. The van der Waals surface area contributed by atoms with Crippen LogP contribution in [-0.4, -0.2) is 6.04 Å². The lowest BCUT2D eigenvalue weighted by Gasteiger charge is -2.19. The van der Waals surface area contributed by atoms with E-state index in [1.54, 1.807) is 16.0 Å². The summed E-state index contributed by atoms with van der Waals surface area (Å²) in [6.45, 7) is 0. The smallest absolute Gasteiger partial charge is 0.0112 e. The second-order valence-corrected chi connectivity index (χ2v) is 5.29. The molecule has 1 heterocycles. The van der Waals surface area contributed by atoms with Crippen LogP contribution in [0.2, 0.25) is 0 Å². The lowest BCUT2D eigenvalue weighted by Crippen LogP contribution is -2.27. The number of nitrogens with two attached hydrogens (primary N) is 1. The van der Waals surface area contributed by atoms with Crippen LogP contribution in [0.15, 0.2) is 5.38 Å². The van der Waals surface area contributed by atoms with Gasteiger partial charge < -0.3 is 5.73 Å². The van der Waals surface area contributed by atoms with Crippen molar-refractivity contribution >= 4 is 23.7 Å². The van der Waals surface area contributed by atoms with Gasteiger partial charge in [-0.05, 0) is 54.5 Å². The zero-order valence-corrected chi connectivity index (χ0v) is 9.79. The van der Waals surface area contributed by atoms with Crippen molar-refractivity contribution in [2.75, 3.05) is 0 Å². The van der Waals surface area contributed by atoms with Crippen LogP contribution in [0.25, 0.3) is 0 Å². The molecule has 0 amide bonds. The fourth-order valence-corrected chi connectivity index (χ4v) is 3.58. The van der Waals surface area contributed by atoms with Gasteiger partial charge in [0.25, 0.3) is 0 Å². The first-order chi connectivity index (χ1) is 6.34. The average Bonchev–Trinajstić information content (AvgIpc) is 2.87. The Morgan fingerprint density at radius 1 is 1.29 bits per heavy atom. The lowest BCUT2D eigenvalue weighted by molar-refractivity contribution is 0.576. The zero-order valence-electron chi connectivity index (χ0n) is 8.16. The fraction of sp³-hybridized carbons (Fsp3) is 0.636. The normalized spacial score (nSPS) is 25.4. The van der Waals surface area contributed by atoms with Crippen LogP contribution < -0.4 is 5.73 Å². The van der Waals surface area contributed by atoms with Crippen molar-refractivity contribution in [2.24, 2.45) is 5.73 Å². The summed E-state index contributed by atoms with van der Waals surface area (Å²) >= 11 is 1.98. The Hall–Kier alpha value is -0.0500. The van der Waals surface area contributed by atoms with Crippen LogP contribution in [0.5, 0.6) is 0 Å². The summed E-state index contributed by atoms with van der Waals surface area (Å²) in [5.41, 5.74) is 9.24. The highest BCUT2D eigenvalue weighted by atomic mass is 35.5. The van der Waals surface area contributed by atoms with Gasteiger partial charge in [-0.2, -0.15) is 0 Å². The van der Waals surface area contributed by atoms with E-state index in [2.05, 4.69) is 5.38 Å². The van der Waals surface area contributed by atoms with E-state index in [0.29, 0.717) is 6.04 Å². The average molecular weight is 230 g/mol. The molecule has 1 aromatic rings. The molecule has 0 saturated heterocycles. The Bertz CT molecular complexity index is 330. The topological polar surface area (TPSA) is 26.0 Å². The standard InChI is InChI=1S/C11H15NS.ClH/c12-9-4-3-8-6-13-11(7-1-2-7)10(8)5-9;/h6-7,9H,1-5,12H2;1H. The molecule has 1 saturated carbocycles. The number of fused-ring (bicyclic) bond motifs is 1. The highest BCUT2D eigenvalue weighted by Crippen LogP contribution is 2.46. The molecule has 3 heteroatoms. The van der Waals surface area contributed by atoms with Crippen LogP contribution in [0.4, 0.5) is 0 Å². The van der Waals surface area contributed by atoms with E-state index < -0.39 is 0 Å². The quantitative estimate of drug-likeness (QED) is 0.788. The van der Waals surface area contributed by atoms with E-state index in [1.165, 1.54) is 25.7 Å². The minimum Gasteiger partial charge on any atom is -0.327 e. The van der Waals surface area contributed by atoms with Gasteiger partial charge in [-0.25, -0.2) is 0 Å². The molecule has 2 N–H and O–H groups in total. The molecule has 1 unspecified atom stereocenters. The number of halogens is 1. The highest BCUT2D eigenvalue weighted by molar-refractivity contribution is 7.10. The number of hydrogen-bond acceptors (Lipinski definition) is 2. The molecule has 1 fully saturated rings. The van der Waals surface area contributed by atoms with Crippen LogP contribution in [0.3, 0.4) is 0 Å². The molecule has 2 aliphatic carbocycles. The fourth-order valence-electron chi connectivity index (χ4n) is 2.27. The lowest BCUT2D eigenvalue weighted by atomic mass is 9.90. The zero-order chi connectivity index (χ0) is 8.84. The Kier molecular flexibility index (Phi) is 2.87. The second-order valence-electron chi connectivity index (χ2n) is 4.38. The molecule has 0 aliphatic heterocycles. The van der Waals surface area contributed by atoms with E-state index in [4.69, 9.17) is 5.73 Å². The van der Waals surface area contributed by atoms with Gasteiger partial charge in [0.15, 0.2) is 0 Å². The maximum Gasteiger partial charge on any atom is 0.0112 e. The summed E-state index contributed by atoms with van der Waals surface area (Å²) in [5.74, 6) is 0.916. The first-order valence-electron chi connectivity index (χ1n) is 5.19. The summed E-state index contributed by atoms with van der Waals surface area (Å²) in [6, 6.07) is 0.430. The molecular formula is C11H16ClNS. The van der Waals surface area contributed by atoms with Gasteiger partial charge >= 0.3 is 0 Å². The predicted molar refractivity (Wildman–Crippen MR) is 63.5 cm³/mol. The largest absolute Gasteiger partial charge is 0.327 e. The van der Waals surface area contributed by atoms with Crippen LogP contribution >= 0.6 is 23.7 Å². The number of hydrogen-bond donors (Lipinski definition) is 1. The van der Waals surface area contributed by atoms with Crippen LogP contribution in [-0.2, 0) is 12.8 Å². The van der Waals surface area contributed by atoms with Gasteiger partial charge in [0.1, 0.15) is 0 Å². The van der Waals surface area contributed by atoms with E-state index >= 15 is 0 Å². The summed E-state index contributed by atoms with van der Waals surface area (Å²) in [4.78, 5) is 1.67. The Morgan fingerprint density at radius 3 is 2.79 bits per heavy atom. The van der Waals surface area contributed by atoms with Gasteiger partial charge in [0, 0.05) is 10.9 Å². The molecule has 2 aliphatic rings. The van der Waals surface area contributed by atoms with Crippen molar-refractivity contribution in [1.82, 2.24) is 0 Å².